The lowest BCUT2D eigenvalue weighted by Crippen LogP contribution is -2.26. The molecule has 0 fully saturated rings. The Balaban J connectivity index is 1.86. The van der Waals surface area contributed by atoms with Crippen molar-refractivity contribution in [1.82, 2.24) is 10.2 Å². The van der Waals surface area contributed by atoms with Gasteiger partial charge in [-0.05, 0) is 24.8 Å². The highest BCUT2D eigenvalue weighted by Crippen LogP contribution is 2.38. The maximum absolute atomic E-state index is 11.6. The molecule has 2 heterocycles. The molecule has 10 heteroatoms. The SMILES string of the molecule is CS(=O)(=O)c1cc([N+](=O)[O-])c(N[C@@H]2CCc3[nH]ncc3C2)s1. The third-order valence-corrected chi connectivity index (χ3v) is 6.46. The Morgan fingerprint density at radius 2 is 2.32 bits per heavy atom. The molecule has 1 atom stereocenters. The standard InChI is InChI=1S/C12H14N4O4S2/c1-22(19,20)11-5-10(16(17)18)12(21-11)14-8-2-3-9-7(4-8)6-13-15-9/h5-6,8,14H,2-4H2,1H3,(H,13,15)/t8-/m1/s1. The second kappa shape index (κ2) is 5.36. The summed E-state index contributed by atoms with van der Waals surface area (Å²) >= 11 is 0.908. The highest BCUT2D eigenvalue weighted by Gasteiger charge is 2.27. The molecule has 0 bridgehead atoms. The quantitative estimate of drug-likeness (QED) is 0.645. The van der Waals surface area contributed by atoms with Crippen molar-refractivity contribution in [2.45, 2.75) is 29.5 Å². The fraction of sp³-hybridized carbons (Fsp3) is 0.417. The van der Waals surface area contributed by atoms with E-state index in [1.54, 1.807) is 6.20 Å². The van der Waals surface area contributed by atoms with Crippen molar-refractivity contribution >= 4 is 31.9 Å². The normalized spacial score (nSPS) is 18.0. The van der Waals surface area contributed by atoms with E-state index < -0.39 is 14.8 Å². The van der Waals surface area contributed by atoms with E-state index in [1.165, 1.54) is 0 Å². The van der Waals surface area contributed by atoms with Crippen LogP contribution in [-0.4, -0.2) is 35.8 Å². The number of aromatic amines is 1. The number of hydrogen-bond acceptors (Lipinski definition) is 7. The topological polar surface area (TPSA) is 118 Å². The first-order valence-electron chi connectivity index (χ1n) is 6.60. The van der Waals surface area contributed by atoms with E-state index in [-0.39, 0.29) is 15.9 Å². The van der Waals surface area contributed by atoms with Crippen molar-refractivity contribution in [3.63, 3.8) is 0 Å². The number of aromatic nitrogens is 2. The molecule has 3 rings (SSSR count). The summed E-state index contributed by atoms with van der Waals surface area (Å²) in [5, 5.41) is 21.5. The van der Waals surface area contributed by atoms with Crippen molar-refractivity contribution < 1.29 is 13.3 Å². The van der Waals surface area contributed by atoms with Crippen LogP contribution in [0.15, 0.2) is 16.5 Å². The number of aryl methyl sites for hydroxylation is 1. The van der Waals surface area contributed by atoms with Gasteiger partial charge in [-0.3, -0.25) is 15.2 Å². The van der Waals surface area contributed by atoms with Gasteiger partial charge in [0.25, 0.3) is 0 Å². The van der Waals surface area contributed by atoms with Gasteiger partial charge in [0.05, 0.1) is 11.1 Å². The minimum Gasteiger partial charge on any atom is -0.368 e. The van der Waals surface area contributed by atoms with Crippen LogP contribution in [0, 0.1) is 10.1 Å². The Kier molecular flexibility index (Phi) is 3.65. The van der Waals surface area contributed by atoms with Crippen molar-refractivity contribution in [1.29, 1.82) is 0 Å². The number of thiophene rings is 1. The Morgan fingerprint density at radius 1 is 1.55 bits per heavy atom. The number of fused-ring (bicyclic) bond motifs is 1. The molecule has 2 aromatic heterocycles. The highest BCUT2D eigenvalue weighted by molar-refractivity contribution is 7.92. The van der Waals surface area contributed by atoms with Gasteiger partial charge < -0.3 is 5.32 Å². The molecule has 1 aliphatic carbocycles. The molecule has 1 aliphatic rings. The van der Waals surface area contributed by atoms with Crippen molar-refractivity contribution in [3.05, 3.63) is 33.6 Å². The van der Waals surface area contributed by atoms with Crippen LogP contribution in [0.1, 0.15) is 17.7 Å². The molecule has 0 radical (unpaired) electrons. The van der Waals surface area contributed by atoms with Gasteiger partial charge in [-0.2, -0.15) is 5.10 Å². The van der Waals surface area contributed by atoms with E-state index in [9.17, 15) is 18.5 Å². The molecule has 0 saturated heterocycles. The van der Waals surface area contributed by atoms with Gasteiger partial charge in [0.15, 0.2) is 14.8 Å². The maximum Gasteiger partial charge on any atom is 0.304 e. The Hall–Kier alpha value is -1.94. The fourth-order valence-electron chi connectivity index (χ4n) is 2.51. The summed E-state index contributed by atoms with van der Waals surface area (Å²) in [6, 6.07) is 1.14. The number of nitro groups is 1. The molecule has 0 saturated carbocycles. The summed E-state index contributed by atoms with van der Waals surface area (Å²) in [6.07, 6.45) is 5.12. The Labute approximate surface area is 130 Å². The summed E-state index contributed by atoms with van der Waals surface area (Å²) in [4.78, 5) is 10.6. The van der Waals surface area contributed by atoms with Crippen LogP contribution in [-0.2, 0) is 22.7 Å². The second-order valence-corrected chi connectivity index (χ2v) is 8.56. The third-order valence-electron chi connectivity index (χ3n) is 3.60. The van der Waals surface area contributed by atoms with Crippen molar-refractivity contribution in [2.75, 3.05) is 11.6 Å². The number of rotatable bonds is 4. The number of H-pyrrole nitrogens is 1. The smallest absolute Gasteiger partial charge is 0.304 e. The van der Waals surface area contributed by atoms with Gasteiger partial charge in [0.2, 0.25) is 0 Å². The number of nitrogens with zero attached hydrogens (tertiary/aromatic N) is 2. The average molecular weight is 342 g/mol. The van der Waals surface area contributed by atoms with E-state index in [1.807, 2.05) is 0 Å². The molecular weight excluding hydrogens is 328 g/mol. The van der Waals surface area contributed by atoms with Crippen LogP contribution >= 0.6 is 11.3 Å². The predicted octanol–water partition coefficient (Wildman–Crippen LogP) is 1.75. The first kappa shape index (κ1) is 15.0. The summed E-state index contributed by atoms with van der Waals surface area (Å²) in [5.74, 6) is 0. The van der Waals surface area contributed by atoms with Gasteiger partial charge in [0.1, 0.15) is 4.21 Å². The minimum absolute atomic E-state index is 0.00140. The Morgan fingerprint density at radius 3 is 3.00 bits per heavy atom. The molecule has 0 unspecified atom stereocenters. The van der Waals surface area contributed by atoms with Gasteiger partial charge in [-0.25, -0.2) is 8.42 Å². The molecule has 2 N–H and O–H groups in total. The zero-order valence-corrected chi connectivity index (χ0v) is 13.3. The summed E-state index contributed by atoms with van der Waals surface area (Å²) in [6.45, 7) is 0. The lowest BCUT2D eigenvalue weighted by Gasteiger charge is -2.22. The first-order valence-corrected chi connectivity index (χ1v) is 9.31. The van der Waals surface area contributed by atoms with E-state index in [2.05, 4.69) is 15.5 Å². The number of anilines is 1. The summed E-state index contributed by atoms with van der Waals surface area (Å²) in [7, 11) is -3.46. The molecule has 8 nitrogen and oxygen atoms in total. The summed E-state index contributed by atoms with van der Waals surface area (Å²) < 4.78 is 23.2. The predicted molar refractivity (Wildman–Crippen MR) is 82.1 cm³/mol. The average Bonchev–Trinajstić information content (AvgIpc) is 3.03. The number of sulfone groups is 1. The Bertz CT molecular complexity index is 824. The molecule has 2 aromatic rings. The number of hydrogen-bond donors (Lipinski definition) is 2. The molecule has 0 spiro atoms. The molecule has 0 amide bonds. The van der Waals surface area contributed by atoms with E-state index in [0.29, 0.717) is 11.4 Å². The van der Waals surface area contributed by atoms with Crippen molar-refractivity contribution in [3.8, 4) is 0 Å². The lowest BCUT2D eigenvalue weighted by molar-refractivity contribution is -0.383. The third kappa shape index (κ3) is 2.83. The second-order valence-electron chi connectivity index (χ2n) is 5.27. The van der Waals surface area contributed by atoms with Crippen molar-refractivity contribution in [2.24, 2.45) is 0 Å². The maximum atomic E-state index is 11.6. The van der Waals surface area contributed by atoms with E-state index in [0.717, 1.165) is 47.8 Å². The minimum atomic E-state index is -3.46. The zero-order chi connectivity index (χ0) is 15.9. The molecule has 0 aromatic carbocycles. The van der Waals surface area contributed by atoms with Gasteiger partial charge >= 0.3 is 5.69 Å². The van der Waals surface area contributed by atoms with Crippen LogP contribution in [0.25, 0.3) is 0 Å². The van der Waals surface area contributed by atoms with Gasteiger partial charge in [0, 0.05) is 24.1 Å². The van der Waals surface area contributed by atoms with E-state index >= 15 is 0 Å². The largest absolute Gasteiger partial charge is 0.368 e. The lowest BCUT2D eigenvalue weighted by atomic mass is 9.94. The van der Waals surface area contributed by atoms with Gasteiger partial charge in [-0.1, -0.05) is 11.3 Å². The zero-order valence-electron chi connectivity index (χ0n) is 11.7. The molecule has 0 aliphatic heterocycles. The first-order chi connectivity index (χ1) is 10.3. The molecule has 22 heavy (non-hydrogen) atoms. The summed E-state index contributed by atoms with van der Waals surface area (Å²) in [5.41, 5.74) is 1.99. The van der Waals surface area contributed by atoms with Gasteiger partial charge in [-0.15, -0.1) is 0 Å². The fourth-order valence-corrected chi connectivity index (χ4v) is 4.52. The van der Waals surface area contributed by atoms with Crippen LogP contribution in [0.3, 0.4) is 0 Å². The van der Waals surface area contributed by atoms with Crippen LogP contribution < -0.4 is 5.32 Å². The van der Waals surface area contributed by atoms with Crippen LogP contribution in [0.4, 0.5) is 10.7 Å². The highest BCUT2D eigenvalue weighted by atomic mass is 32.2. The van der Waals surface area contributed by atoms with E-state index in [4.69, 9.17) is 0 Å². The molecule has 118 valence electrons. The number of nitrogens with one attached hydrogen (secondary N) is 2. The van der Waals surface area contributed by atoms with Crippen LogP contribution in [0.5, 0.6) is 0 Å². The molecular formula is C12H14N4O4S2. The van der Waals surface area contributed by atoms with Crippen LogP contribution in [0.2, 0.25) is 0 Å². The monoisotopic (exact) mass is 342 g/mol.